The van der Waals surface area contributed by atoms with Crippen LogP contribution in [0.2, 0.25) is 0 Å². The number of hydrogen-bond acceptors (Lipinski definition) is 4. The van der Waals surface area contributed by atoms with E-state index in [1.807, 2.05) is 0 Å². The summed E-state index contributed by atoms with van der Waals surface area (Å²) in [4.78, 5) is 24.2. The molecule has 1 aliphatic carbocycles. The highest BCUT2D eigenvalue weighted by atomic mass is 32.1. The molecule has 1 saturated carbocycles. The van der Waals surface area contributed by atoms with Crippen LogP contribution < -0.4 is 10.6 Å². The number of thiazole rings is 1. The predicted octanol–water partition coefficient (Wildman–Crippen LogP) is 3.50. The van der Waals surface area contributed by atoms with Gasteiger partial charge in [0.1, 0.15) is 0 Å². The zero-order valence-corrected chi connectivity index (χ0v) is 18.4. The Labute approximate surface area is 173 Å². The Morgan fingerprint density at radius 1 is 1.32 bits per heavy atom. The molecular weight excluding hydrogens is 370 g/mol. The third-order valence-corrected chi connectivity index (χ3v) is 6.80. The van der Waals surface area contributed by atoms with Crippen molar-refractivity contribution in [1.29, 1.82) is 0 Å². The van der Waals surface area contributed by atoms with Crippen LogP contribution in [0.25, 0.3) is 0 Å². The second-order valence-corrected chi connectivity index (χ2v) is 9.17. The van der Waals surface area contributed by atoms with E-state index in [9.17, 15) is 4.79 Å². The van der Waals surface area contributed by atoms with Crippen molar-refractivity contribution < 1.29 is 4.79 Å². The van der Waals surface area contributed by atoms with Crippen molar-refractivity contribution >= 4 is 23.2 Å². The Morgan fingerprint density at radius 2 is 2.11 bits per heavy atom. The zero-order chi connectivity index (χ0) is 19.9. The van der Waals surface area contributed by atoms with Crippen LogP contribution in [-0.4, -0.2) is 47.4 Å². The van der Waals surface area contributed by atoms with Crippen molar-refractivity contribution in [3.8, 4) is 0 Å². The van der Waals surface area contributed by atoms with E-state index in [1.54, 1.807) is 11.3 Å². The first-order valence-corrected chi connectivity index (χ1v) is 11.7. The van der Waals surface area contributed by atoms with Crippen LogP contribution in [0, 0.1) is 5.92 Å². The summed E-state index contributed by atoms with van der Waals surface area (Å²) in [5.74, 6) is 1.91. The van der Waals surface area contributed by atoms with E-state index in [0.717, 1.165) is 55.6 Å². The van der Waals surface area contributed by atoms with Crippen molar-refractivity contribution in [2.45, 2.75) is 77.8 Å². The molecule has 0 aromatic carbocycles. The van der Waals surface area contributed by atoms with Crippen LogP contribution in [-0.2, 0) is 11.3 Å². The number of hydrogen-bond donors (Lipinski definition) is 2. The number of carbonyl (C=O) groups is 1. The summed E-state index contributed by atoms with van der Waals surface area (Å²) in [5, 5.41) is 10.1. The lowest BCUT2D eigenvalue weighted by Crippen LogP contribution is -2.45. The average Bonchev–Trinajstić information content (AvgIpc) is 3.36. The maximum Gasteiger partial charge on any atom is 0.225 e. The first-order chi connectivity index (χ1) is 13.6. The summed E-state index contributed by atoms with van der Waals surface area (Å²) in [6, 6.07) is 0.270. The maximum absolute atomic E-state index is 12.8. The molecule has 0 radical (unpaired) electrons. The molecule has 1 unspecified atom stereocenters. The first-order valence-electron chi connectivity index (χ1n) is 10.8. The fraction of sp³-hybridized carbons (Fsp3) is 0.762. The molecule has 1 aromatic rings. The van der Waals surface area contributed by atoms with Gasteiger partial charge in [-0.2, -0.15) is 0 Å². The fourth-order valence-electron chi connectivity index (χ4n) is 4.02. The van der Waals surface area contributed by atoms with Gasteiger partial charge in [-0.25, -0.2) is 9.98 Å². The van der Waals surface area contributed by atoms with E-state index in [4.69, 9.17) is 4.99 Å². The Kier molecular flexibility index (Phi) is 7.71. The summed E-state index contributed by atoms with van der Waals surface area (Å²) in [7, 11) is 0. The molecule has 1 saturated heterocycles. The number of carbonyl (C=O) groups excluding carboxylic acids is 1. The van der Waals surface area contributed by atoms with Crippen LogP contribution in [0.3, 0.4) is 0 Å². The first kappa shape index (κ1) is 21.1. The van der Waals surface area contributed by atoms with Gasteiger partial charge in [-0.1, -0.05) is 33.1 Å². The topological polar surface area (TPSA) is 69.6 Å². The summed E-state index contributed by atoms with van der Waals surface area (Å²) in [5.41, 5.74) is 1.02. The minimum Gasteiger partial charge on any atom is -0.357 e. The van der Waals surface area contributed by atoms with Gasteiger partial charge in [0.2, 0.25) is 5.91 Å². The number of nitrogens with one attached hydrogen (secondary N) is 2. The number of likely N-dealkylation sites (tertiary alicyclic amines) is 1. The molecule has 0 spiro atoms. The number of rotatable bonds is 6. The SMILES string of the molecule is CCNC(=NCc1csc(C(C)C)n1)NC1CCN(C(=O)C2CCCCC2)C1. The Balaban J connectivity index is 1.52. The van der Waals surface area contributed by atoms with Crippen LogP contribution >= 0.6 is 11.3 Å². The molecular formula is C21H35N5OS. The van der Waals surface area contributed by atoms with Gasteiger partial charge >= 0.3 is 0 Å². The van der Waals surface area contributed by atoms with Gasteiger partial charge in [-0.05, 0) is 26.2 Å². The zero-order valence-electron chi connectivity index (χ0n) is 17.5. The summed E-state index contributed by atoms with van der Waals surface area (Å²) in [6.45, 7) is 9.44. The second-order valence-electron chi connectivity index (χ2n) is 8.28. The highest BCUT2D eigenvalue weighted by Gasteiger charge is 2.31. The van der Waals surface area contributed by atoms with Crippen LogP contribution in [0.4, 0.5) is 0 Å². The quantitative estimate of drug-likeness (QED) is 0.561. The van der Waals surface area contributed by atoms with Gasteiger partial charge in [-0.15, -0.1) is 11.3 Å². The lowest BCUT2D eigenvalue weighted by Gasteiger charge is -2.26. The predicted molar refractivity (Wildman–Crippen MR) is 116 cm³/mol. The number of amides is 1. The van der Waals surface area contributed by atoms with Crippen LogP contribution in [0.15, 0.2) is 10.4 Å². The van der Waals surface area contributed by atoms with E-state index in [2.05, 4.69) is 46.7 Å². The summed E-state index contributed by atoms with van der Waals surface area (Å²) >= 11 is 1.71. The van der Waals surface area contributed by atoms with Crippen molar-refractivity contribution in [3.05, 3.63) is 16.1 Å². The standard InChI is InChI=1S/C21H35N5OS/c1-4-22-21(23-12-18-14-28-19(24-18)15(2)3)25-17-10-11-26(13-17)20(27)16-8-6-5-7-9-16/h14-17H,4-13H2,1-3H3,(H2,22,23,25). The molecule has 1 aromatic heterocycles. The highest BCUT2D eigenvalue weighted by molar-refractivity contribution is 7.09. The number of guanidine groups is 1. The average molecular weight is 406 g/mol. The molecule has 2 heterocycles. The Bertz CT molecular complexity index is 666. The molecule has 1 atom stereocenters. The molecule has 156 valence electrons. The summed E-state index contributed by atoms with van der Waals surface area (Å²) in [6.07, 6.45) is 6.83. The lowest BCUT2D eigenvalue weighted by molar-refractivity contribution is -0.135. The third-order valence-electron chi connectivity index (χ3n) is 5.60. The molecule has 2 aliphatic rings. The smallest absolute Gasteiger partial charge is 0.225 e. The van der Waals surface area contributed by atoms with Gasteiger partial charge in [0.15, 0.2) is 5.96 Å². The lowest BCUT2D eigenvalue weighted by atomic mass is 9.88. The second kappa shape index (κ2) is 10.2. The van der Waals surface area contributed by atoms with Crippen molar-refractivity contribution in [3.63, 3.8) is 0 Å². The summed E-state index contributed by atoms with van der Waals surface area (Å²) < 4.78 is 0. The Hall–Kier alpha value is -1.63. The minimum atomic E-state index is 0.259. The molecule has 1 aliphatic heterocycles. The van der Waals surface area contributed by atoms with Crippen LogP contribution in [0.1, 0.15) is 75.9 Å². The molecule has 0 bridgehead atoms. The van der Waals surface area contributed by atoms with Gasteiger partial charge in [-0.3, -0.25) is 4.79 Å². The van der Waals surface area contributed by atoms with Gasteiger partial charge in [0.05, 0.1) is 17.2 Å². The number of aliphatic imine (C=N–C) groups is 1. The maximum atomic E-state index is 12.8. The Morgan fingerprint density at radius 3 is 2.79 bits per heavy atom. The fourth-order valence-corrected chi connectivity index (χ4v) is 4.85. The molecule has 7 heteroatoms. The van der Waals surface area contributed by atoms with Gasteiger partial charge < -0.3 is 15.5 Å². The number of nitrogens with zero attached hydrogens (tertiary/aromatic N) is 3. The molecule has 1 amide bonds. The van der Waals surface area contributed by atoms with E-state index in [-0.39, 0.29) is 12.0 Å². The third kappa shape index (κ3) is 5.69. The van der Waals surface area contributed by atoms with Gasteiger partial charge in [0.25, 0.3) is 0 Å². The van der Waals surface area contributed by atoms with Crippen molar-refractivity contribution in [1.82, 2.24) is 20.5 Å². The van der Waals surface area contributed by atoms with Crippen LogP contribution in [0.5, 0.6) is 0 Å². The van der Waals surface area contributed by atoms with Gasteiger partial charge in [0, 0.05) is 42.9 Å². The monoisotopic (exact) mass is 405 g/mol. The molecule has 28 heavy (non-hydrogen) atoms. The molecule has 6 nitrogen and oxygen atoms in total. The molecule has 2 fully saturated rings. The minimum absolute atomic E-state index is 0.259. The molecule has 2 N–H and O–H groups in total. The normalized spacial score (nSPS) is 21.4. The van der Waals surface area contributed by atoms with E-state index in [1.165, 1.54) is 19.3 Å². The molecule has 3 rings (SSSR count). The van der Waals surface area contributed by atoms with E-state index >= 15 is 0 Å². The van der Waals surface area contributed by atoms with E-state index < -0.39 is 0 Å². The van der Waals surface area contributed by atoms with Crippen molar-refractivity contribution in [2.75, 3.05) is 19.6 Å². The highest BCUT2D eigenvalue weighted by Crippen LogP contribution is 2.26. The van der Waals surface area contributed by atoms with E-state index in [0.29, 0.717) is 18.4 Å². The van der Waals surface area contributed by atoms with Crippen molar-refractivity contribution in [2.24, 2.45) is 10.9 Å². The number of aromatic nitrogens is 1. The largest absolute Gasteiger partial charge is 0.357 e.